The van der Waals surface area contributed by atoms with E-state index in [9.17, 15) is 0 Å². The number of nitrogens with zero attached hydrogens (tertiary/aromatic N) is 2. The molecule has 12 aromatic rings. The standard InChI is InChI=1S/C64H42N2O/c1-6-21-43(22-7-1)48-31-19-35-52(40-48)61-63-62(54-37-16-17-38-57(54)67-63)66-64(65-61)53-36-20-33-50(41-53)49-32-18-34-51(39-49)56-42-55(44-23-8-2-9-24-44)58(45-25-10-3-11-26-45)60(47-29-14-5-15-30-47)59(56)46-27-12-4-13-28-46/h1-42H. The van der Waals surface area contributed by atoms with Gasteiger partial charge in [-0.25, -0.2) is 9.97 Å². The van der Waals surface area contributed by atoms with Gasteiger partial charge < -0.3 is 4.42 Å². The SMILES string of the molecule is c1ccc(-c2cccc(-c3nc(-c4cccc(-c5cccc(-c6cc(-c7ccccc7)c(-c7ccccc7)c(-c7ccccc7)c6-c6ccccc6)c5)c4)nc4c3oc3ccccc34)c2)cc1. The molecule has 0 radical (unpaired) electrons. The van der Waals surface area contributed by atoms with Gasteiger partial charge in [-0.2, -0.15) is 0 Å². The third kappa shape index (κ3) is 7.49. The van der Waals surface area contributed by atoms with Crippen molar-refractivity contribution in [3.63, 3.8) is 0 Å². The number of hydrogen-bond acceptors (Lipinski definition) is 3. The lowest BCUT2D eigenvalue weighted by atomic mass is 9.78. The third-order valence-electron chi connectivity index (χ3n) is 12.7. The summed E-state index contributed by atoms with van der Waals surface area (Å²) in [5, 5.41) is 0.961. The summed E-state index contributed by atoms with van der Waals surface area (Å²) in [5.41, 5.74) is 21.0. The van der Waals surface area contributed by atoms with Crippen LogP contribution >= 0.6 is 0 Å². The van der Waals surface area contributed by atoms with Crippen molar-refractivity contribution in [2.24, 2.45) is 0 Å². The van der Waals surface area contributed by atoms with Crippen LogP contribution in [0, 0.1) is 0 Å². The predicted molar refractivity (Wildman–Crippen MR) is 278 cm³/mol. The molecule has 2 aromatic heterocycles. The number of para-hydroxylation sites is 1. The summed E-state index contributed by atoms with van der Waals surface area (Å²) < 4.78 is 6.54. The monoisotopic (exact) mass is 854 g/mol. The lowest BCUT2D eigenvalue weighted by molar-refractivity contribution is 0.667. The van der Waals surface area contributed by atoms with Crippen molar-refractivity contribution in [1.82, 2.24) is 9.97 Å². The second-order valence-corrected chi connectivity index (χ2v) is 16.8. The largest absolute Gasteiger partial charge is 0.452 e. The maximum Gasteiger partial charge on any atom is 0.180 e. The van der Waals surface area contributed by atoms with Gasteiger partial charge in [-0.15, -0.1) is 0 Å². The topological polar surface area (TPSA) is 38.9 Å². The highest BCUT2D eigenvalue weighted by atomic mass is 16.3. The fraction of sp³-hybridized carbons (Fsp3) is 0. The molecule has 3 nitrogen and oxygen atoms in total. The predicted octanol–water partition coefficient (Wildman–Crippen LogP) is 17.4. The summed E-state index contributed by atoms with van der Waals surface area (Å²) in [6.45, 7) is 0. The van der Waals surface area contributed by atoms with Gasteiger partial charge >= 0.3 is 0 Å². The molecule has 0 fully saturated rings. The van der Waals surface area contributed by atoms with E-state index in [2.05, 4.69) is 231 Å². The van der Waals surface area contributed by atoms with Crippen LogP contribution in [-0.2, 0) is 0 Å². The van der Waals surface area contributed by atoms with Crippen molar-refractivity contribution in [2.45, 2.75) is 0 Å². The summed E-state index contributed by atoms with van der Waals surface area (Å²) in [7, 11) is 0. The lowest BCUT2D eigenvalue weighted by Crippen LogP contribution is -1.98. The molecule has 2 heterocycles. The molecule has 0 bridgehead atoms. The molecular formula is C64H42N2O. The maximum absolute atomic E-state index is 6.54. The minimum atomic E-state index is 0.639. The van der Waals surface area contributed by atoms with Crippen LogP contribution in [0.25, 0.3) is 123 Å². The van der Waals surface area contributed by atoms with E-state index in [0.717, 1.165) is 83.4 Å². The Labute approximate surface area is 390 Å². The van der Waals surface area contributed by atoms with Gasteiger partial charge in [0.15, 0.2) is 11.4 Å². The molecule has 0 amide bonds. The zero-order valence-electron chi connectivity index (χ0n) is 36.6. The fourth-order valence-corrected chi connectivity index (χ4v) is 9.56. The van der Waals surface area contributed by atoms with Gasteiger partial charge in [0.1, 0.15) is 16.8 Å². The first kappa shape index (κ1) is 39.7. The smallest absolute Gasteiger partial charge is 0.180 e. The highest BCUT2D eigenvalue weighted by molar-refractivity contribution is 6.09. The number of furan rings is 1. The Morgan fingerprint density at radius 1 is 0.269 bits per heavy atom. The molecule has 0 N–H and O–H groups in total. The number of rotatable bonds is 9. The summed E-state index contributed by atoms with van der Waals surface area (Å²) in [4.78, 5) is 10.6. The summed E-state index contributed by atoms with van der Waals surface area (Å²) >= 11 is 0. The van der Waals surface area contributed by atoms with Gasteiger partial charge in [0, 0.05) is 16.5 Å². The van der Waals surface area contributed by atoms with E-state index in [1.807, 2.05) is 24.3 Å². The van der Waals surface area contributed by atoms with E-state index in [1.165, 1.54) is 27.8 Å². The minimum absolute atomic E-state index is 0.639. The number of benzene rings is 10. The number of aromatic nitrogens is 2. The first-order valence-corrected chi connectivity index (χ1v) is 22.7. The highest BCUT2D eigenvalue weighted by Gasteiger charge is 2.24. The fourth-order valence-electron chi connectivity index (χ4n) is 9.56. The molecule has 10 aromatic carbocycles. The Bertz CT molecular complexity index is 3710. The molecule has 12 rings (SSSR count). The summed E-state index contributed by atoms with van der Waals surface area (Å²) in [6.07, 6.45) is 0. The van der Waals surface area contributed by atoms with Crippen molar-refractivity contribution in [1.29, 1.82) is 0 Å². The van der Waals surface area contributed by atoms with E-state index in [1.54, 1.807) is 0 Å². The molecule has 0 aliphatic rings. The molecule has 0 saturated heterocycles. The van der Waals surface area contributed by atoms with Crippen molar-refractivity contribution in [3.05, 3.63) is 255 Å². The first-order chi connectivity index (χ1) is 33.2. The molecular weight excluding hydrogens is 813 g/mol. The first-order valence-electron chi connectivity index (χ1n) is 22.7. The zero-order valence-corrected chi connectivity index (χ0v) is 36.6. The molecule has 0 atom stereocenters. The normalized spacial score (nSPS) is 11.3. The van der Waals surface area contributed by atoms with Crippen molar-refractivity contribution < 1.29 is 4.42 Å². The van der Waals surface area contributed by atoms with Crippen LogP contribution < -0.4 is 0 Å². The molecule has 0 saturated carbocycles. The van der Waals surface area contributed by atoms with Gasteiger partial charge in [-0.05, 0) is 114 Å². The highest BCUT2D eigenvalue weighted by Crippen LogP contribution is 2.50. The van der Waals surface area contributed by atoms with Crippen LogP contribution in [0.1, 0.15) is 0 Å². The lowest BCUT2D eigenvalue weighted by Gasteiger charge is -2.24. The average Bonchev–Trinajstić information content (AvgIpc) is 3.80. The zero-order chi connectivity index (χ0) is 44.5. The molecule has 0 unspecified atom stereocenters. The number of fused-ring (bicyclic) bond motifs is 3. The molecule has 0 aliphatic heterocycles. The molecule has 67 heavy (non-hydrogen) atoms. The minimum Gasteiger partial charge on any atom is -0.452 e. The summed E-state index contributed by atoms with van der Waals surface area (Å²) in [5.74, 6) is 0.639. The van der Waals surface area contributed by atoms with Crippen LogP contribution in [0.2, 0.25) is 0 Å². The van der Waals surface area contributed by atoms with E-state index in [0.29, 0.717) is 11.4 Å². The Hall–Kier alpha value is -8.92. The van der Waals surface area contributed by atoms with Crippen molar-refractivity contribution in [3.8, 4) is 101 Å². The van der Waals surface area contributed by atoms with Crippen molar-refractivity contribution >= 4 is 22.1 Å². The van der Waals surface area contributed by atoms with Crippen molar-refractivity contribution in [2.75, 3.05) is 0 Å². The van der Waals surface area contributed by atoms with Crippen LogP contribution in [0.5, 0.6) is 0 Å². The van der Waals surface area contributed by atoms with Crippen LogP contribution in [-0.4, -0.2) is 9.97 Å². The van der Waals surface area contributed by atoms with E-state index >= 15 is 0 Å². The maximum atomic E-state index is 6.54. The van der Waals surface area contributed by atoms with Crippen LogP contribution in [0.3, 0.4) is 0 Å². The molecule has 0 aliphatic carbocycles. The van der Waals surface area contributed by atoms with E-state index in [4.69, 9.17) is 14.4 Å². The van der Waals surface area contributed by atoms with Gasteiger partial charge in [0.05, 0.1) is 0 Å². The Kier molecular flexibility index (Phi) is 10.2. The Balaban J connectivity index is 1.04. The van der Waals surface area contributed by atoms with Crippen LogP contribution in [0.15, 0.2) is 259 Å². The van der Waals surface area contributed by atoms with Gasteiger partial charge in [-0.3, -0.25) is 0 Å². The molecule has 314 valence electrons. The van der Waals surface area contributed by atoms with Crippen LogP contribution in [0.4, 0.5) is 0 Å². The third-order valence-corrected chi connectivity index (χ3v) is 12.7. The van der Waals surface area contributed by atoms with Gasteiger partial charge in [-0.1, -0.05) is 218 Å². The second kappa shape index (κ2) is 17.2. The van der Waals surface area contributed by atoms with E-state index in [-0.39, 0.29) is 0 Å². The van der Waals surface area contributed by atoms with E-state index < -0.39 is 0 Å². The molecule has 0 spiro atoms. The van der Waals surface area contributed by atoms with Gasteiger partial charge in [0.2, 0.25) is 0 Å². The van der Waals surface area contributed by atoms with Gasteiger partial charge in [0.25, 0.3) is 0 Å². The molecule has 3 heteroatoms. The number of hydrogen-bond donors (Lipinski definition) is 0. The Morgan fingerprint density at radius 3 is 1.27 bits per heavy atom. The Morgan fingerprint density at radius 2 is 0.672 bits per heavy atom. The summed E-state index contributed by atoms with van der Waals surface area (Å²) in [6, 6.07) is 90.4. The quantitative estimate of drug-likeness (QED) is 0.145. The second-order valence-electron chi connectivity index (χ2n) is 16.8. The average molecular weight is 855 g/mol.